The molecule has 0 atom stereocenters. The average Bonchev–Trinajstić information content (AvgIpc) is 3.40. The molecule has 0 spiro atoms. The van der Waals surface area contributed by atoms with Gasteiger partial charge in [0.05, 0.1) is 0 Å². The Morgan fingerprint density at radius 2 is 0.429 bits per heavy atom. The molecule has 4 fully saturated rings. The maximum Gasteiger partial charge on any atom is 4.00 e. The van der Waals surface area contributed by atoms with Gasteiger partial charge in [0.1, 0.15) is 0 Å². The van der Waals surface area contributed by atoms with E-state index in [1.54, 1.807) is 0 Å². The van der Waals surface area contributed by atoms with Crippen LogP contribution in [0.4, 0.5) is 0 Å². The van der Waals surface area contributed by atoms with Gasteiger partial charge in [-0.05, 0) is 0 Å². The molecule has 4 aliphatic heterocycles. The van der Waals surface area contributed by atoms with Crippen LogP contribution in [0.2, 0.25) is 0 Å². The van der Waals surface area contributed by atoms with E-state index in [1.807, 2.05) is 0 Å². The predicted octanol–water partition coefficient (Wildman–Crippen LogP) is 4.61. The SMILES string of the molecule is C1CC[N-]C1.C1CC[N-]C1.C1CC[N-]C1.C1CC[N-]C1.[Hf+4]. The molecule has 4 heterocycles. The second-order valence-corrected chi connectivity index (χ2v) is 5.51. The van der Waals surface area contributed by atoms with E-state index in [0.29, 0.717) is 0 Å². The van der Waals surface area contributed by atoms with Crippen molar-refractivity contribution in [3.8, 4) is 0 Å². The summed E-state index contributed by atoms with van der Waals surface area (Å²) in [5, 5.41) is 16.3. The monoisotopic (exact) mass is 460 g/mol. The summed E-state index contributed by atoms with van der Waals surface area (Å²) in [7, 11) is 0. The zero-order chi connectivity index (χ0) is 14.1. The Morgan fingerprint density at radius 3 is 0.476 bits per heavy atom. The molecule has 0 radical (unpaired) electrons. The summed E-state index contributed by atoms with van der Waals surface area (Å²) < 4.78 is 0. The van der Waals surface area contributed by atoms with E-state index in [0.717, 1.165) is 52.4 Å². The van der Waals surface area contributed by atoms with Gasteiger partial charge in [-0.2, -0.15) is 0 Å². The second-order valence-electron chi connectivity index (χ2n) is 5.51. The van der Waals surface area contributed by atoms with E-state index in [4.69, 9.17) is 0 Å². The van der Waals surface area contributed by atoms with Crippen LogP contribution in [0, 0.1) is 0 Å². The normalized spacial score (nSPS) is 22.9. The Morgan fingerprint density at radius 1 is 0.286 bits per heavy atom. The van der Waals surface area contributed by atoms with E-state index >= 15 is 0 Å². The van der Waals surface area contributed by atoms with E-state index in [9.17, 15) is 0 Å². The second kappa shape index (κ2) is 18.8. The summed E-state index contributed by atoms with van der Waals surface area (Å²) in [5.74, 6) is 0. The molecule has 0 saturated carbocycles. The molecule has 0 amide bonds. The van der Waals surface area contributed by atoms with Crippen molar-refractivity contribution >= 4 is 0 Å². The summed E-state index contributed by atoms with van der Waals surface area (Å²) in [6.07, 6.45) is 10.7. The predicted molar refractivity (Wildman–Crippen MR) is 89.3 cm³/mol. The van der Waals surface area contributed by atoms with Crippen LogP contribution in [0.25, 0.3) is 21.3 Å². The first-order valence-electron chi connectivity index (χ1n) is 8.53. The first kappa shape index (κ1) is 21.7. The smallest absolute Gasteiger partial charge is 0.662 e. The van der Waals surface area contributed by atoms with E-state index < -0.39 is 0 Å². The number of nitrogens with zero attached hydrogens (tertiary/aromatic N) is 4. The van der Waals surface area contributed by atoms with Crippen molar-refractivity contribution in [1.29, 1.82) is 0 Å². The third-order valence-corrected chi connectivity index (χ3v) is 3.53. The van der Waals surface area contributed by atoms with E-state index in [2.05, 4.69) is 21.3 Å². The van der Waals surface area contributed by atoms with Crippen molar-refractivity contribution in [2.24, 2.45) is 0 Å². The zero-order valence-electron chi connectivity index (χ0n) is 13.6. The van der Waals surface area contributed by atoms with Crippen LogP contribution in [0.5, 0.6) is 0 Å². The Bertz CT molecular complexity index is 107. The van der Waals surface area contributed by atoms with Crippen LogP contribution in [0.1, 0.15) is 51.4 Å². The molecule has 0 aromatic carbocycles. The van der Waals surface area contributed by atoms with Gasteiger partial charge in [0, 0.05) is 0 Å². The molecule has 0 aliphatic carbocycles. The molecule has 0 aromatic rings. The zero-order valence-corrected chi connectivity index (χ0v) is 17.2. The molecule has 0 aromatic heterocycles. The minimum absolute atomic E-state index is 0. The molecule has 21 heavy (non-hydrogen) atoms. The van der Waals surface area contributed by atoms with Gasteiger partial charge in [-0.15, -0.1) is 52.4 Å². The third kappa shape index (κ3) is 16.9. The quantitative estimate of drug-likeness (QED) is 0.476. The molecule has 0 unspecified atom stereocenters. The summed E-state index contributed by atoms with van der Waals surface area (Å²) in [4.78, 5) is 0. The van der Waals surface area contributed by atoms with E-state index in [-0.39, 0.29) is 25.8 Å². The Balaban J connectivity index is 0.000000250. The van der Waals surface area contributed by atoms with Gasteiger partial charge >= 0.3 is 25.8 Å². The van der Waals surface area contributed by atoms with Crippen LogP contribution in [-0.4, -0.2) is 52.4 Å². The first-order chi connectivity index (χ1) is 10.0. The number of rotatable bonds is 0. The maximum atomic E-state index is 4.08. The molecule has 120 valence electrons. The van der Waals surface area contributed by atoms with Crippen molar-refractivity contribution in [2.75, 3.05) is 52.4 Å². The molecule has 5 heteroatoms. The van der Waals surface area contributed by atoms with Gasteiger partial charge in [-0.1, -0.05) is 51.4 Å². The van der Waals surface area contributed by atoms with Gasteiger partial charge in [0.2, 0.25) is 0 Å². The standard InChI is InChI=1S/4C4H8N.Hf/c4*1-2-4-5-3-1;/h4*1-4H2;/q4*-1;+4. The van der Waals surface area contributed by atoms with Crippen LogP contribution >= 0.6 is 0 Å². The topological polar surface area (TPSA) is 56.4 Å². The van der Waals surface area contributed by atoms with Crippen molar-refractivity contribution < 1.29 is 25.8 Å². The minimum Gasteiger partial charge on any atom is -0.662 e. The average molecular weight is 459 g/mol. The molecule has 4 aliphatic rings. The van der Waals surface area contributed by atoms with Crippen molar-refractivity contribution in [3.63, 3.8) is 0 Å². The molecule has 4 rings (SSSR count). The maximum absolute atomic E-state index is 4.08. The van der Waals surface area contributed by atoms with Crippen molar-refractivity contribution in [3.05, 3.63) is 21.3 Å². The Labute approximate surface area is 150 Å². The molecule has 4 nitrogen and oxygen atoms in total. The summed E-state index contributed by atoms with van der Waals surface area (Å²) in [6, 6.07) is 0. The van der Waals surface area contributed by atoms with Crippen LogP contribution in [0.3, 0.4) is 0 Å². The van der Waals surface area contributed by atoms with Crippen molar-refractivity contribution in [1.82, 2.24) is 0 Å². The van der Waals surface area contributed by atoms with Crippen LogP contribution in [-0.2, 0) is 25.8 Å². The summed E-state index contributed by atoms with van der Waals surface area (Å²) in [6.45, 7) is 9.00. The molecular formula is C16H32HfN4. The minimum atomic E-state index is 0. The molecule has 4 saturated heterocycles. The van der Waals surface area contributed by atoms with Gasteiger partial charge in [0.25, 0.3) is 0 Å². The van der Waals surface area contributed by atoms with Crippen LogP contribution in [0.15, 0.2) is 0 Å². The molecular weight excluding hydrogens is 427 g/mol. The molecule has 0 N–H and O–H groups in total. The number of hydrogen-bond donors (Lipinski definition) is 0. The fourth-order valence-electron chi connectivity index (χ4n) is 2.24. The van der Waals surface area contributed by atoms with Crippen LogP contribution < -0.4 is 0 Å². The van der Waals surface area contributed by atoms with Gasteiger partial charge in [-0.3, -0.25) is 0 Å². The first-order valence-corrected chi connectivity index (χ1v) is 8.53. The van der Waals surface area contributed by atoms with Gasteiger partial charge in [-0.25, -0.2) is 0 Å². The Kier molecular flexibility index (Phi) is 19.4. The van der Waals surface area contributed by atoms with E-state index in [1.165, 1.54) is 51.4 Å². The number of hydrogen-bond acceptors (Lipinski definition) is 0. The fraction of sp³-hybridized carbons (Fsp3) is 1.00. The van der Waals surface area contributed by atoms with Gasteiger partial charge in [0.15, 0.2) is 0 Å². The molecule has 0 bridgehead atoms. The summed E-state index contributed by atoms with van der Waals surface area (Å²) in [5.41, 5.74) is 0. The van der Waals surface area contributed by atoms with Gasteiger partial charge < -0.3 is 21.3 Å². The fourth-order valence-corrected chi connectivity index (χ4v) is 2.24. The summed E-state index contributed by atoms with van der Waals surface area (Å²) >= 11 is 0. The third-order valence-electron chi connectivity index (χ3n) is 3.53. The largest absolute Gasteiger partial charge is 4.00 e. The van der Waals surface area contributed by atoms with Crippen molar-refractivity contribution in [2.45, 2.75) is 51.4 Å². The Hall–Kier alpha value is 0.710.